The minimum atomic E-state index is 0.283. The average Bonchev–Trinajstić information content (AvgIpc) is 3.46. The molecule has 0 N–H and O–H groups in total. The van der Waals surface area contributed by atoms with Gasteiger partial charge in [-0.1, -0.05) is 255 Å². The number of rotatable bonds is 7. The highest BCUT2D eigenvalue weighted by molar-refractivity contribution is 6.27. The van der Waals surface area contributed by atoms with Crippen LogP contribution in [0.1, 0.15) is 28.2 Å². The van der Waals surface area contributed by atoms with Crippen molar-refractivity contribution in [2.24, 2.45) is 0 Å². The summed E-state index contributed by atoms with van der Waals surface area (Å²) in [5.74, 6) is 0.283. The Balaban J connectivity index is 0.695. The zero-order valence-electron chi connectivity index (χ0n) is 39.6. The molecule has 1 unspecified atom stereocenters. The highest BCUT2D eigenvalue weighted by Crippen LogP contribution is 2.49. The lowest BCUT2D eigenvalue weighted by atomic mass is 9.74. The summed E-state index contributed by atoms with van der Waals surface area (Å²) in [4.78, 5) is 0. The maximum atomic E-state index is 2.47. The molecule has 0 amide bonds. The van der Waals surface area contributed by atoms with E-state index in [2.05, 4.69) is 261 Å². The number of benzene rings is 13. The second-order valence-electron chi connectivity index (χ2n) is 19.9. The average molecular weight is 911 g/mol. The normalized spacial score (nSPS) is 13.9. The maximum absolute atomic E-state index is 2.47. The van der Waals surface area contributed by atoms with Crippen molar-refractivity contribution >= 4 is 65.5 Å². The van der Waals surface area contributed by atoms with Gasteiger partial charge in [0.15, 0.2) is 0 Å². The smallest absolute Gasteiger partial charge is 0.0276 e. The molecule has 2 aliphatic rings. The molecule has 13 aromatic carbocycles. The second-order valence-corrected chi connectivity index (χ2v) is 19.9. The summed E-state index contributed by atoms with van der Waals surface area (Å²) in [7, 11) is 0. The summed E-state index contributed by atoms with van der Waals surface area (Å²) in [5, 5.41) is 13.1. The third-order valence-corrected chi connectivity index (χ3v) is 16.0. The lowest BCUT2D eigenvalue weighted by Crippen LogP contribution is -2.10. The van der Waals surface area contributed by atoms with E-state index in [1.165, 1.54) is 148 Å². The van der Waals surface area contributed by atoms with Crippen molar-refractivity contribution in [3.05, 3.63) is 277 Å². The molecule has 0 aromatic heterocycles. The lowest BCUT2D eigenvalue weighted by Gasteiger charge is -2.30. The van der Waals surface area contributed by atoms with Crippen molar-refractivity contribution in [1.29, 1.82) is 0 Å². The Morgan fingerprint density at radius 1 is 0.306 bits per heavy atom. The van der Waals surface area contributed by atoms with Crippen molar-refractivity contribution in [3.8, 4) is 66.8 Å². The number of allylic oxidation sites excluding steroid dienone is 3. The molecule has 0 saturated carbocycles. The minimum absolute atomic E-state index is 0.283. The van der Waals surface area contributed by atoms with E-state index < -0.39 is 0 Å². The standard InChI is InChI=1S/C72H46/c1-2-7-51(8-3-1)61-36-28-55-33-41-66-62(37-29-56-32-40-65(61)69(55)70(56)66)52-21-14-48(15-22-52)46-10-12-47(13-11-46)49-16-23-53(24-17-49)63-38-30-57-35-43-68-64(39-31-58-34-42-67(63)71(57)72(58)68)54-25-18-50(19-26-54)60-27-20-45-6-4-5-9-59(45)44-60/h1-31,33-44,61H,32H2. The second kappa shape index (κ2) is 16.2. The molecule has 72 heavy (non-hydrogen) atoms. The molecule has 0 nitrogen and oxygen atoms in total. The van der Waals surface area contributed by atoms with Crippen LogP contribution in [0.25, 0.3) is 132 Å². The first-order valence-corrected chi connectivity index (χ1v) is 25.3. The van der Waals surface area contributed by atoms with Crippen LogP contribution in [0.2, 0.25) is 0 Å². The fourth-order valence-electron chi connectivity index (χ4n) is 12.3. The predicted octanol–water partition coefficient (Wildman–Crippen LogP) is 19.6. The number of fused-ring (bicyclic) bond motifs is 1. The minimum Gasteiger partial charge on any atom is -0.0753 e. The van der Waals surface area contributed by atoms with E-state index in [0.29, 0.717) is 0 Å². The molecular weight excluding hydrogens is 865 g/mol. The molecular formula is C72H46. The van der Waals surface area contributed by atoms with Crippen LogP contribution in [0.4, 0.5) is 0 Å². The Labute approximate surface area is 419 Å². The monoisotopic (exact) mass is 910 g/mol. The SMILES string of the molecule is C1=CC(c2ccccc2)C2=CCc3ccc(-c4ccc(-c5ccc(-c6ccc(-c7ccc8ccc9c(-c%10ccc(-c%11ccc%12ccccc%12c%11)cc%10)ccc%10ccc7c8c%109)cc6)cc5)cc4)c4ccc1c2c34. The Hall–Kier alpha value is -9.10. The van der Waals surface area contributed by atoms with E-state index in [9.17, 15) is 0 Å². The number of hydrogen-bond acceptors (Lipinski definition) is 0. The first kappa shape index (κ1) is 40.8. The van der Waals surface area contributed by atoms with Crippen LogP contribution < -0.4 is 0 Å². The molecule has 0 aliphatic heterocycles. The molecule has 0 radical (unpaired) electrons. The highest BCUT2D eigenvalue weighted by atomic mass is 14.3. The maximum Gasteiger partial charge on any atom is 0.0276 e. The summed E-state index contributed by atoms with van der Waals surface area (Å²) in [6, 6.07) is 90.5. The molecule has 13 aromatic rings. The third kappa shape index (κ3) is 6.53. The Morgan fingerprint density at radius 2 is 0.736 bits per heavy atom. The van der Waals surface area contributed by atoms with Gasteiger partial charge in [0.2, 0.25) is 0 Å². The van der Waals surface area contributed by atoms with Crippen molar-refractivity contribution in [3.63, 3.8) is 0 Å². The van der Waals surface area contributed by atoms with E-state index >= 15 is 0 Å². The summed E-state index contributed by atoms with van der Waals surface area (Å²) >= 11 is 0. The van der Waals surface area contributed by atoms with Crippen LogP contribution in [0.3, 0.4) is 0 Å². The van der Waals surface area contributed by atoms with Crippen molar-refractivity contribution < 1.29 is 0 Å². The fourth-order valence-corrected chi connectivity index (χ4v) is 12.3. The quantitative estimate of drug-likeness (QED) is 0.140. The molecule has 334 valence electrons. The Kier molecular flexibility index (Phi) is 9.19. The van der Waals surface area contributed by atoms with Gasteiger partial charge in [-0.15, -0.1) is 0 Å². The molecule has 15 rings (SSSR count). The molecule has 0 heterocycles. The van der Waals surface area contributed by atoms with Crippen LogP contribution in [-0.2, 0) is 6.42 Å². The lowest BCUT2D eigenvalue weighted by molar-refractivity contribution is 1.08. The van der Waals surface area contributed by atoms with Gasteiger partial charge in [-0.05, 0) is 161 Å². The molecule has 0 fully saturated rings. The summed E-state index contributed by atoms with van der Waals surface area (Å²) in [5.41, 5.74) is 21.8. The zero-order chi connectivity index (χ0) is 47.3. The third-order valence-electron chi connectivity index (χ3n) is 16.0. The van der Waals surface area contributed by atoms with Gasteiger partial charge in [0.25, 0.3) is 0 Å². The van der Waals surface area contributed by atoms with E-state index in [-0.39, 0.29) is 5.92 Å². The summed E-state index contributed by atoms with van der Waals surface area (Å²) in [6.45, 7) is 0. The largest absolute Gasteiger partial charge is 0.0753 e. The number of hydrogen-bond donors (Lipinski definition) is 0. The van der Waals surface area contributed by atoms with Crippen LogP contribution >= 0.6 is 0 Å². The Bertz CT molecular complexity index is 4340. The van der Waals surface area contributed by atoms with Gasteiger partial charge in [-0.2, -0.15) is 0 Å². The molecule has 0 bridgehead atoms. The van der Waals surface area contributed by atoms with Crippen molar-refractivity contribution in [2.75, 3.05) is 0 Å². The van der Waals surface area contributed by atoms with Gasteiger partial charge in [-0.3, -0.25) is 0 Å². The van der Waals surface area contributed by atoms with Crippen LogP contribution in [-0.4, -0.2) is 0 Å². The summed E-state index contributed by atoms with van der Waals surface area (Å²) < 4.78 is 0. The zero-order valence-corrected chi connectivity index (χ0v) is 39.6. The molecule has 2 aliphatic carbocycles. The van der Waals surface area contributed by atoms with E-state index in [1.807, 2.05) is 0 Å². The molecule has 0 heteroatoms. The summed E-state index contributed by atoms with van der Waals surface area (Å²) in [6.07, 6.45) is 8.14. The van der Waals surface area contributed by atoms with Gasteiger partial charge in [0.1, 0.15) is 0 Å². The van der Waals surface area contributed by atoms with Gasteiger partial charge >= 0.3 is 0 Å². The van der Waals surface area contributed by atoms with E-state index in [4.69, 9.17) is 0 Å². The van der Waals surface area contributed by atoms with Crippen LogP contribution in [0.5, 0.6) is 0 Å². The molecule has 0 saturated heterocycles. The van der Waals surface area contributed by atoms with Crippen molar-refractivity contribution in [1.82, 2.24) is 0 Å². The van der Waals surface area contributed by atoms with Crippen LogP contribution in [0, 0.1) is 0 Å². The highest BCUT2D eigenvalue weighted by Gasteiger charge is 2.27. The molecule has 1 atom stereocenters. The van der Waals surface area contributed by atoms with E-state index in [0.717, 1.165) is 6.42 Å². The van der Waals surface area contributed by atoms with E-state index in [1.54, 1.807) is 0 Å². The van der Waals surface area contributed by atoms with Gasteiger partial charge < -0.3 is 0 Å². The first-order valence-electron chi connectivity index (χ1n) is 25.3. The topological polar surface area (TPSA) is 0 Å². The van der Waals surface area contributed by atoms with Gasteiger partial charge in [0, 0.05) is 5.92 Å². The predicted molar refractivity (Wildman–Crippen MR) is 308 cm³/mol. The fraction of sp³-hybridized carbons (Fsp3) is 0.0278. The first-order chi connectivity index (χ1) is 35.7. The van der Waals surface area contributed by atoms with Crippen molar-refractivity contribution in [2.45, 2.75) is 12.3 Å². The Morgan fingerprint density at radius 3 is 1.31 bits per heavy atom. The van der Waals surface area contributed by atoms with Crippen LogP contribution in [0.15, 0.2) is 255 Å². The molecule has 0 spiro atoms. The van der Waals surface area contributed by atoms with Gasteiger partial charge in [-0.25, -0.2) is 0 Å². The van der Waals surface area contributed by atoms with Gasteiger partial charge in [0.05, 0.1) is 0 Å².